The Morgan fingerprint density at radius 1 is 1.17 bits per heavy atom. The Bertz CT molecular complexity index is 582. The van der Waals surface area contributed by atoms with Gasteiger partial charge in [-0.25, -0.2) is 0 Å². The molecule has 1 aliphatic rings. The van der Waals surface area contributed by atoms with Gasteiger partial charge in [0.25, 0.3) is 0 Å². The Morgan fingerprint density at radius 2 is 1.83 bits per heavy atom. The fraction of sp³-hybridized carbons (Fsp3) is 0.632. The van der Waals surface area contributed by atoms with Gasteiger partial charge in [0.1, 0.15) is 13.2 Å². The summed E-state index contributed by atoms with van der Waals surface area (Å²) in [6, 6.07) is 6.57. The van der Waals surface area contributed by atoms with Gasteiger partial charge in [-0.05, 0) is 30.5 Å². The Balaban J connectivity index is 2.02. The van der Waals surface area contributed by atoms with E-state index < -0.39 is 0 Å². The molecule has 5 nitrogen and oxygen atoms in total. The van der Waals surface area contributed by atoms with Crippen molar-refractivity contribution in [2.45, 2.75) is 46.1 Å². The predicted octanol–water partition coefficient (Wildman–Crippen LogP) is 2.94. The monoisotopic (exact) mass is 333 g/mol. The second-order valence-electron chi connectivity index (χ2n) is 7.35. The summed E-state index contributed by atoms with van der Waals surface area (Å²) in [6.07, 6.45) is 0. The average Bonchev–Trinajstić information content (AvgIpc) is 2.57. The highest BCUT2D eigenvalue weighted by Gasteiger charge is 2.24. The summed E-state index contributed by atoms with van der Waals surface area (Å²) in [4.78, 5) is 4.33. The third kappa shape index (κ3) is 4.56. The SMILES string of the molecule is CN=C(NCC(C)(C)c1ccc2c(c1)OCCO2)NC(C)C(C)C. The molecule has 2 rings (SSSR count). The summed E-state index contributed by atoms with van der Waals surface area (Å²) < 4.78 is 11.3. The van der Waals surface area contributed by atoms with Crippen LogP contribution in [0.1, 0.15) is 40.2 Å². The molecule has 1 aromatic carbocycles. The van der Waals surface area contributed by atoms with Crippen molar-refractivity contribution in [2.75, 3.05) is 26.8 Å². The summed E-state index contributed by atoms with van der Waals surface area (Å²) in [7, 11) is 1.81. The first-order valence-corrected chi connectivity index (χ1v) is 8.71. The molecule has 0 spiro atoms. The van der Waals surface area contributed by atoms with Crippen LogP contribution in [0.15, 0.2) is 23.2 Å². The number of guanidine groups is 1. The van der Waals surface area contributed by atoms with E-state index in [-0.39, 0.29) is 5.41 Å². The molecule has 0 radical (unpaired) electrons. The second-order valence-corrected chi connectivity index (χ2v) is 7.35. The minimum atomic E-state index is -0.0610. The highest BCUT2D eigenvalue weighted by molar-refractivity contribution is 5.80. The lowest BCUT2D eigenvalue weighted by molar-refractivity contribution is 0.171. The van der Waals surface area contributed by atoms with Crippen molar-refractivity contribution >= 4 is 5.96 Å². The number of rotatable bonds is 5. The van der Waals surface area contributed by atoms with Crippen LogP contribution in [0.2, 0.25) is 0 Å². The molecular weight excluding hydrogens is 302 g/mol. The van der Waals surface area contributed by atoms with E-state index in [2.05, 4.69) is 62.4 Å². The van der Waals surface area contributed by atoms with E-state index in [1.165, 1.54) is 5.56 Å². The van der Waals surface area contributed by atoms with E-state index in [0.29, 0.717) is 25.2 Å². The van der Waals surface area contributed by atoms with Crippen LogP contribution >= 0.6 is 0 Å². The van der Waals surface area contributed by atoms with E-state index in [0.717, 1.165) is 24.0 Å². The zero-order valence-corrected chi connectivity index (χ0v) is 15.8. The molecule has 0 aliphatic carbocycles. The molecule has 0 saturated heterocycles. The molecule has 24 heavy (non-hydrogen) atoms. The van der Waals surface area contributed by atoms with Crippen molar-refractivity contribution in [3.8, 4) is 11.5 Å². The smallest absolute Gasteiger partial charge is 0.191 e. The Kier molecular flexibility index (Phi) is 5.97. The van der Waals surface area contributed by atoms with Crippen LogP contribution in [0, 0.1) is 5.92 Å². The van der Waals surface area contributed by atoms with Gasteiger partial charge in [-0.15, -0.1) is 0 Å². The van der Waals surface area contributed by atoms with E-state index in [1.54, 1.807) is 7.05 Å². The number of fused-ring (bicyclic) bond motifs is 1. The quantitative estimate of drug-likeness (QED) is 0.642. The van der Waals surface area contributed by atoms with Crippen LogP contribution in [0.5, 0.6) is 11.5 Å². The van der Waals surface area contributed by atoms with Crippen LogP contribution in [0.25, 0.3) is 0 Å². The summed E-state index contributed by atoms with van der Waals surface area (Å²) in [5.74, 6) is 3.05. The molecule has 1 aromatic rings. The molecule has 0 fully saturated rings. The summed E-state index contributed by atoms with van der Waals surface area (Å²) in [5, 5.41) is 6.88. The van der Waals surface area contributed by atoms with E-state index in [1.807, 2.05) is 6.07 Å². The van der Waals surface area contributed by atoms with Crippen molar-refractivity contribution in [1.82, 2.24) is 10.6 Å². The van der Waals surface area contributed by atoms with Gasteiger partial charge in [-0.2, -0.15) is 0 Å². The Hall–Kier alpha value is -1.91. The molecule has 0 bridgehead atoms. The number of hydrogen-bond donors (Lipinski definition) is 2. The molecule has 0 amide bonds. The van der Waals surface area contributed by atoms with Gasteiger partial charge >= 0.3 is 0 Å². The molecule has 1 heterocycles. The van der Waals surface area contributed by atoms with Crippen molar-refractivity contribution in [1.29, 1.82) is 0 Å². The van der Waals surface area contributed by atoms with Crippen LogP contribution in [-0.2, 0) is 5.41 Å². The fourth-order valence-electron chi connectivity index (χ4n) is 2.45. The maximum absolute atomic E-state index is 5.70. The maximum Gasteiger partial charge on any atom is 0.191 e. The molecule has 0 saturated carbocycles. The van der Waals surface area contributed by atoms with Gasteiger partial charge in [-0.1, -0.05) is 33.8 Å². The lowest BCUT2D eigenvalue weighted by atomic mass is 9.84. The van der Waals surface area contributed by atoms with Gasteiger partial charge in [0.2, 0.25) is 0 Å². The highest BCUT2D eigenvalue weighted by atomic mass is 16.6. The number of nitrogens with zero attached hydrogens (tertiary/aromatic N) is 1. The Labute approximate surface area is 145 Å². The van der Waals surface area contributed by atoms with Crippen LogP contribution < -0.4 is 20.1 Å². The predicted molar refractivity (Wildman–Crippen MR) is 99.3 cm³/mol. The first kappa shape index (κ1) is 18.4. The summed E-state index contributed by atoms with van der Waals surface area (Å²) >= 11 is 0. The molecule has 1 atom stereocenters. The maximum atomic E-state index is 5.70. The van der Waals surface area contributed by atoms with E-state index in [9.17, 15) is 0 Å². The summed E-state index contributed by atoms with van der Waals surface area (Å²) in [6.45, 7) is 13.0. The van der Waals surface area contributed by atoms with Gasteiger partial charge < -0.3 is 20.1 Å². The first-order chi connectivity index (χ1) is 11.3. The first-order valence-electron chi connectivity index (χ1n) is 8.71. The average molecular weight is 333 g/mol. The zero-order valence-electron chi connectivity index (χ0n) is 15.8. The number of ether oxygens (including phenoxy) is 2. The van der Waals surface area contributed by atoms with Crippen molar-refractivity contribution in [2.24, 2.45) is 10.9 Å². The normalized spacial score (nSPS) is 16.0. The van der Waals surface area contributed by atoms with Crippen molar-refractivity contribution in [3.05, 3.63) is 23.8 Å². The molecule has 1 unspecified atom stereocenters. The minimum Gasteiger partial charge on any atom is -0.486 e. The number of hydrogen-bond acceptors (Lipinski definition) is 3. The fourth-order valence-corrected chi connectivity index (χ4v) is 2.45. The lowest BCUT2D eigenvalue weighted by Crippen LogP contribution is -2.47. The zero-order chi connectivity index (χ0) is 17.7. The number of nitrogens with one attached hydrogen (secondary N) is 2. The standard InChI is InChI=1S/C19H31N3O2/c1-13(2)14(3)22-18(20-6)21-12-19(4,5)15-7-8-16-17(11-15)24-10-9-23-16/h7-8,11,13-14H,9-10,12H2,1-6H3,(H2,20,21,22). The van der Waals surface area contributed by atoms with Gasteiger partial charge in [0.05, 0.1) is 0 Å². The third-order valence-electron chi connectivity index (χ3n) is 4.61. The summed E-state index contributed by atoms with van der Waals surface area (Å²) in [5.41, 5.74) is 1.15. The van der Waals surface area contributed by atoms with E-state index in [4.69, 9.17) is 9.47 Å². The van der Waals surface area contributed by atoms with Gasteiger partial charge in [0, 0.05) is 25.0 Å². The number of benzene rings is 1. The molecule has 1 aliphatic heterocycles. The minimum absolute atomic E-state index is 0.0610. The topological polar surface area (TPSA) is 54.9 Å². The lowest BCUT2D eigenvalue weighted by Gasteiger charge is -2.29. The van der Waals surface area contributed by atoms with Crippen LogP contribution in [0.3, 0.4) is 0 Å². The second kappa shape index (κ2) is 7.77. The largest absolute Gasteiger partial charge is 0.486 e. The van der Waals surface area contributed by atoms with E-state index >= 15 is 0 Å². The highest BCUT2D eigenvalue weighted by Crippen LogP contribution is 2.34. The molecule has 5 heteroatoms. The van der Waals surface area contributed by atoms with Crippen LogP contribution in [0.4, 0.5) is 0 Å². The molecule has 134 valence electrons. The van der Waals surface area contributed by atoms with Gasteiger partial charge in [0.15, 0.2) is 17.5 Å². The number of aliphatic imine (C=N–C) groups is 1. The molecule has 0 aromatic heterocycles. The van der Waals surface area contributed by atoms with Gasteiger partial charge in [-0.3, -0.25) is 4.99 Å². The Morgan fingerprint density at radius 3 is 2.46 bits per heavy atom. The molecular formula is C19H31N3O2. The van der Waals surface area contributed by atoms with Crippen molar-refractivity contribution < 1.29 is 9.47 Å². The van der Waals surface area contributed by atoms with Crippen LogP contribution in [-0.4, -0.2) is 38.8 Å². The van der Waals surface area contributed by atoms with Crippen molar-refractivity contribution in [3.63, 3.8) is 0 Å². The third-order valence-corrected chi connectivity index (χ3v) is 4.61. The molecule has 2 N–H and O–H groups in total.